The van der Waals surface area contributed by atoms with Crippen LogP contribution in [-0.2, 0) is 0 Å². The Morgan fingerprint density at radius 2 is 1.54 bits per heavy atom. The minimum absolute atomic E-state index is 0.452. The quantitative estimate of drug-likeness (QED) is 0.441. The fourth-order valence-corrected chi connectivity index (χ4v) is 9.23. The summed E-state index contributed by atoms with van der Waals surface area (Å²) in [4.78, 5) is 0. The average Bonchev–Trinajstić information content (AvgIpc) is 2.99. The molecular formula is C27H47F. The van der Waals surface area contributed by atoms with Gasteiger partial charge in [0, 0.05) is 0 Å². The summed E-state index contributed by atoms with van der Waals surface area (Å²) in [7, 11) is 0. The van der Waals surface area contributed by atoms with Crippen LogP contribution in [0.4, 0.5) is 4.39 Å². The molecule has 0 aliphatic heterocycles. The highest BCUT2D eigenvalue weighted by Crippen LogP contribution is 2.68. The summed E-state index contributed by atoms with van der Waals surface area (Å²) in [6.07, 6.45) is 15.2. The van der Waals surface area contributed by atoms with Crippen molar-refractivity contribution in [1.82, 2.24) is 0 Å². The van der Waals surface area contributed by atoms with Crippen LogP contribution in [0.1, 0.15) is 112 Å². The van der Waals surface area contributed by atoms with Gasteiger partial charge in [0.15, 0.2) is 0 Å². The third-order valence-electron chi connectivity index (χ3n) is 10.8. The molecule has 4 aliphatic rings. The summed E-state index contributed by atoms with van der Waals surface area (Å²) in [5, 5.41) is 0. The van der Waals surface area contributed by atoms with E-state index in [1.54, 1.807) is 0 Å². The molecule has 0 radical (unpaired) electrons. The van der Waals surface area contributed by atoms with Crippen LogP contribution in [0.15, 0.2) is 0 Å². The SMILES string of the molecule is CC(C)CCC[C@@H](C)[C@H]1CC[C@H]2[C@@H]3CC[C@H]4C[C@H](F)CC[C@]4(C)C3CC[C@]12C. The predicted molar refractivity (Wildman–Crippen MR) is 118 cm³/mol. The molecule has 0 amide bonds. The predicted octanol–water partition coefficient (Wildman–Crippen LogP) is 8.45. The van der Waals surface area contributed by atoms with E-state index in [1.165, 1.54) is 64.2 Å². The Labute approximate surface area is 174 Å². The lowest BCUT2D eigenvalue weighted by atomic mass is 9.44. The topological polar surface area (TPSA) is 0 Å². The van der Waals surface area contributed by atoms with Crippen LogP contribution in [0.5, 0.6) is 0 Å². The van der Waals surface area contributed by atoms with Gasteiger partial charge in [-0.25, -0.2) is 4.39 Å². The maximum absolute atomic E-state index is 14.1. The highest BCUT2D eigenvalue weighted by molar-refractivity contribution is 5.09. The van der Waals surface area contributed by atoms with E-state index < -0.39 is 6.17 Å². The normalized spacial score (nSPS) is 49.4. The molecule has 4 saturated carbocycles. The maximum Gasteiger partial charge on any atom is 0.100 e. The minimum Gasteiger partial charge on any atom is -0.247 e. The zero-order valence-electron chi connectivity index (χ0n) is 19.5. The van der Waals surface area contributed by atoms with Crippen LogP contribution in [0.2, 0.25) is 0 Å². The fraction of sp³-hybridized carbons (Fsp3) is 1.00. The molecule has 162 valence electrons. The molecule has 1 unspecified atom stereocenters. The summed E-state index contributed by atoms with van der Waals surface area (Å²) in [6.45, 7) is 12.6. The summed E-state index contributed by atoms with van der Waals surface area (Å²) in [5.74, 6) is 6.19. The van der Waals surface area contributed by atoms with E-state index in [0.717, 1.165) is 48.3 Å². The summed E-state index contributed by atoms with van der Waals surface area (Å²) in [5.41, 5.74) is 1.05. The van der Waals surface area contributed by atoms with Crippen molar-refractivity contribution in [1.29, 1.82) is 0 Å². The van der Waals surface area contributed by atoms with Crippen LogP contribution in [-0.4, -0.2) is 6.17 Å². The lowest BCUT2D eigenvalue weighted by Crippen LogP contribution is -2.53. The van der Waals surface area contributed by atoms with Gasteiger partial charge in [-0.3, -0.25) is 0 Å². The Balaban J connectivity index is 1.46. The average molecular weight is 391 g/mol. The molecule has 0 aromatic heterocycles. The lowest BCUT2D eigenvalue weighted by Gasteiger charge is -2.61. The molecule has 4 fully saturated rings. The van der Waals surface area contributed by atoms with E-state index in [1.807, 2.05) is 0 Å². The van der Waals surface area contributed by atoms with Gasteiger partial charge in [0.1, 0.15) is 6.17 Å². The van der Waals surface area contributed by atoms with Crippen LogP contribution in [0.25, 0.3) is 0 Å². The Morgan fingerprint density at radius 3 is 2.29 bits per heavy atom. The second kappa shape index (κ2) is 7.88. The van der Waals surface area contributed by atoms with E-state index in [9.17, 15) is 4.39 Å². The molecular weight excluding hydrogens is 343 g/mol. The standard InChI is InChI=1S/C27H47F/c1-18(2)7-6-8-19(3)23-11-12-24-22-10-9-20-17-21(28)13-15-26(20,4)25(22)14-16-27(23,24)5/h18-25H,6-17H2,1-5H3/t19-,20+,21-,22+,23-,24+,25?,26+,27-/m1/s1. The monoisotopic (exact) mass is 390 g/mol. The van der Waals surface area contributed by atoms with E-state index in [4.69, 9.17) is 0 Å². The van der Waals surface area contributed by atoms with Crippen molar-refractivity contribution in [3.8, 4) is 0 Å². The second-order valence-corrected chi connectivity index (χ2v) is 12.6. The molecule has 1 heteroatoms. The van der Waals surface area contributed by atoms with Crippen molar-refractivity contribution in [2.24, 2.45) is 52.3 Å². The van der Waals surface area contributed by atoms with Crippen molar-refractivity contribution in [2.75, 3.05) is 0 Å². The highest BCUT2D eigenvalue weighted by Gasteiger charge is 2.60. The summed E-state index contributed by atoms with van der Waals surface area (Å²) >= 11 is 0. The third kappa shape index (κ3) is 3.49. The van der Waals surface area contributed by atoms with Crippen LogP contribution in [0, 0.1) is 52.3 Å². The van der Waals surface area contributed by atoms with Crippen molar-refractivity contribution in [3.63, 3.8) is 0 Å². The molecule has 0 saturated heterocycles. The zero-order chi connectivity index (χ0) is 20.1. The molecule has 0 nitrogen and oxygen atoms in total. The number of halogens is 1. The van der Waals surface area contributed by atoms with E-state index >= 15 is 0 Å². The van der Waals surface area contributed by atoms with Crippen molar-refractivity contribution in [3.05, 3.63) is 0 Å². The number of hydrogen-bond donors (Lipinski definition) is 0. The summed E-state index contributed by atoms with van der Waals surface area (Å²) in [6, 6.07) is 0. The van der Waals surface area contributed by atoms with E-state index in [0.29, 0.717) is 16.7 Å². The Morgan fingerprint density at radius 1 is 0.821 bits per heavy atom. The molecule has 0 aromatic rings. The van der Waals surface area contributed by atoms with Gasteiger partial charge in [0.2, 0.25) is 0 Å². The van der Waals surface area contributed by atoms with Crippen LogP contribution >= 0.6 is 0 Å². The zero-order valence-corrected chi connectivity index (χ0v) is 19.5. The number of rotatable bonds is 5. The van der Waals surface area contributed by atoms with Gasteiger partial charge in [-0.1, -0.05) is 53.9 Å². The third-order valence-corrected chi connectivity index (χ3v) is 10.8. The van der Waals surface area contributed by atoms with Crippen LogP contribution in [0.3, 0.4) is 0 Å². The first kappa shape index (κ1) is 21.2. The molecule has 0 N–H and O–H groups in total. The van der Waals surface area contributed by atoms with Gasteiger partial charge >= 0.3 is 0 Å². The molecule has 28 heavy (non-hydrogen) atoms. The maximum atomic E-state index is 14.1. The van der Waals surface area contributed by atoms with Crippen molar-refractivity contribution >= 4 is 0 Å². The van der Waals surface area contributed by atoms with Crippen LogP contribution < -0.4 is 0 Å². The van der Waals surface area contributed by atoms with Crippen molar-refractivity contribution in [2.45, 2.75) is 118 Å². The smallest absolute Gasteiger partial charge is 0.100 e. The fourth-order valence-electron chi connectivity index (χ4n) is 9.23. The Bertz CT molecular complexity index is 540. The number of fused-ring (bicyclic) bond motifs is 5. The van der Waals surface area contributed by atoms with Gasteiger partial charge in [0.25, 0.3) is 0 Å². The molecule has 0 aromatic carbocycles. The van der Waals surface area contributed by atoms with Gasteiger partial charge in [-0.05, 0) is 110 Å². The molecule has 0 bridgehead atoms. The highest BCUT2D eigenvalue weighted by atomic mass is 19.1. The molecule has 4 rings (SSSR count). The Kier molecular flexibility index (Phi) is 5.96. The van der Waals surface area contributed by atoms with Gasteiger partial charge < -0.3 is 0 Å². The first-order valence-corrected chi connectivity index (χ1v) is 12.9. The largest absolute Gasteiger partial charge is 0.247 e. The first-order valence-electron chi connectivity index (χ1n) is 12.9. The Hall–Kier alpha value is -0.0700. The summed E-state index contributed by atoms with van der Waals surface area (Å²) < 4.78 is 14.1. The van der Waals surface area contributed by atoms with Gasteiger partial charge in [-0.2, -0.15) is 0 Å². The lowest BCUT2D eigenvalue weighted by molar-refractivity contribution is -0.122. The van der Waals surface area contributed by atoms with E-state index in [-0.39, 0.29) is 0 Å². The number of hydrogen-bond acceptors (Lipinski definition) is 0. The van der Waals surface area contributed by atoms with Crippen molar-refractivity contribution < 1.29 is 4.39 Å². The second-order valence-electron chi connectivity index (χ2n) is 12.6. The van der Waals surface area contributed by atoms with Gasteiger partial charge in [-0.15, -0.1) is 0 Å². The molecule has 9 atom stereocenters. The molecule has 4 aliphatic carbocycles. The molecule has 0 spiro atoms. The molecule has 0 heterocycles. The van der Waals surface area contributed by atoms with Gasteiger partial charge in [0.05, 0.1) is 0 Å². The number of alkyl halides is 1. The first-order chi connectivity index (χ1) is 13.3. The van der Waals surface area contributed by atoms with E-state index in [2.05, 4.69) is 34.6 Å². The minimum atomic E-state index is -0.508.